The van der Waals surface area contributed by atoms with Crippen LogP contribution < -0.4 is 5.32 Å². The van der Waals surface area contributed by atoms with E-state index in [9.17, 15) is 0 Å². The lowest BCUT2D eigenvalue weighted by atomic mass is 10.1. The lowest BCUT2D eigenvalue weighted by molar-refractivity contribution is 0.873. The number of nitrogens with one attached hydrogen (secondary N) is 1. The summed E-state index contributed by atoms with van der Waals surface area (Å²) in [7, 11) is 0. The van der Waals surface area contributed by atoms with E-state index in [0.717, 1.165) is 22.7 Å². The van der Waals surface area contributed by atoms with E-state index in [2.05, 4.69) is 37.3 Å². The zero-order valence-electron chi connectivity index (χ0n) is 10.5. The van der Waals surface area contributed by atoms with Gasteiger partial charge >= 0.3 is 0 Å². The van der Waals surface area contributed by atoms with E-state index >= 15 is 0 Å². The average Bonchev–Trinajstić information content (AvgIpc) is 2.16. The van der Waals surface area contributed by atoms with Crippen LogP contribution in [0.15, 0.2) is 41.3 Å². The molecular weight excluding hydrogens is 184 g/mol. The normalized spacial score (nSPS) is 13.6. The Hall–Kier alpha value is -1.31. The lowest BCUT2D eigenvalue weighted by Crippen LogP contribution is -2.06. The van der Waals surface area contributed by atoms with Crippen molar-refractivity contribution in [3.05, 3.63) is 36.3 Å². The van der Waals surface area contributed by atoms with E-state index in [1.807, 2.05) is 20.8 Å². The summed E-state index contributed by atoms with van der Waals surface area (Å²) in [4.78, 5) is 4.54. The van der Waals surface area contributed by atoms with E-state index in [1.165, 1.54) is 0 Å². The molecule has 0 aliphatic carbocycles. The van der Waals surface area contributed by atoms with Crippen LogP contribution in [0.25, 0.3) is 0 Å². The first-order valence-corrected chi connectivity index (χ1v) is 5.19. The molecule has 15 heavy (non-hydrogen) atoms. The number of hydrogen-bond donors (Lipinski definition) is 1. The zero-order chi connectivity index (χ0) is 12.0. The minimum Gasteiger partial charge on any atom is -0.362 e. The average molecular weight is 206 g/mol. The first-order valence-electron chi connectivity index (χ1n) is 5.19. The summed E-state index contributed by atoms with van der Waals surface area (Å²) >= 11 is 0. The molecule has 2 nitrogen and oxygen atoms in total. The van der Waals surface area contributed by atoms with Crippen LogP contribution >= 0.6 is 0 Å². The van der Waals surface area contributed by atoms with Gasteiger partial charge in [-0.15, -0.1) is 0 Å². The molecule has 84 valence electrons. The molecule has 0 fully saturated rings. The Balaban J connectivity index is 4.87. The van der Waals surface area contributed by atoms with Crippen LogP contribution in [0, 0.1) is 5.92 Å². The first-order chi connectivity index (χ1) is 6.90. The molecule has 0 unspecified atom stereocenters. The van der Waals surface area contributed by atoms with Crippen LogP contribution in [0.1, 0.15) is 34.6 Å². The fraction of sp³-hybridized carbons (Fsp3) is 0.462. The Bertz CT molecular complexity index is 306. The number of allylic oxidation sites excluding steroid dienone is 2. The molecule has 0 radical (unpaired) electrons. The van der Waals surface area contributed by atoms with Crippen molar-refractivity contribution in [2.45, 2.75) is 34.6 Å². The van der Waals surface area contributed by atoms with Gasteiger partial charge in [0.2, 0.25) is 0 Å². The van der Waals surface area contributed by atoms with Crippen LogP contribution in [-0.2, 0) is 0 Å². The van der Waals surface area contributed by atoms with Crippen molar-refractivity contribution in [3.63, 3.8) is 0 Å². The fourth-order valence-electron chi connectivity index (χ4n) is 0.927. The maximum atomic E-state index is 4.54. The second-order valence-corrected chi connectivity index (χ2v) is 3.95. The second kappa shape index (κ2) is 6.23. The third kappa shape index (κ3) is 4.63. The van der Waals surface area contributed by atoms with E-state index < -0.39 is 0 Å². The number of nitrogens with zero attached hydrogens (tertiary/aromatic N) is 1. The Morgan fingerprint density at radius 2 is 1.80 bits per heavy atom. The van der Waals surface area contributed by atoms with Crippen molar-refractivity contribution in [1.82, 2.24) is 5.32 Å². The Morgan fingerprint density at radius 1 is 1.27 bits per heavy atom. The molecule has 0 amide bonds. The molecule has 0 spiro atoms. The minimum absolute atomic E-state index is 0.480. The van der Waals surface area contributed by atoms with Gasteiger partial charge in [0.05, 0.1) is 0 Å². The van der Waals surface area contributed by atoms with Gasteiger partial charge in [0, 0.05) is 17.1 Å². The summed E-state index contributed by atoms with van der Waals surface area (Å²) in [5.41, 5.74) is 4.05. The Kier molecular flexibility index (Phi) is 5.68. The molecule has 0 aliphatic heterocycles. The van der Waals surface area contributed by atoms with Gasteiger partial charge in [0.15, 0.2) is 0 Å². The maximum absolute atomic E-state index is 4.54. The van der Waals surface area contributed by atoms with Gasteiger partial charge in [-0.2, -0.15) is 0 Å². The summed E-state index contributed by atoms with van der Waals surface area (Å²) < 4.78 is 0. The van der Waals surface area contributed by atoms with Crippen molar-refractivity contribution in [2.75, 3.05) is 0 Å². The highest BCUT2D eigenvalue weighted by Gasteiger charge is 2.02. The predicted molar refractivity (Wildman–Crippen MR) is 68.8 cm³/mol. The standard InChI is InChI=1S/C13H22N2/c1-8-14-12(6)10(4)13(7)15-11(5)9(2)3/h8-9,14H,1,6H2,2-5,7H3/b13-10+,15-11?. The monoisotopic (exact) mass is 206 g/mol. The van der Waals surface area contributed by atoms with E-state index in [-0.39, 0.29) is 0 Å². The molecule has 0 saturated heterocycles. The van der Waals surface area contributed by atoms with Crippen molar-refractivity contribution in [1.29, 1.82) is 0 Å². The molecule has 0 saturated carbocycles. The van der Waals surface area contributed by atoms with Crippen LogP contribution in [0.4, 0.5) is 0 Å². The van der Waals surface area contributed by atoms with Gasteiger partial charge in [-0.1, -0.05) is 27.0 Å². The Labute approximate surface area is 93.5 Å². The zero-order valence-corrected chi connectivity index (χ0v) is 10.5. The highest BCUT2D eigenvalue weighted by atomic mass is 14.9. The largest absolute Gasteiger partial charge is 0.362 e. The quantitative estimate of drug-likeness (QED) is 0.539. The second-order valence-electron chi connectivity index (χ2n) is 3.95. The van der Waals surface area contributed by atoms with E-state index in [4.69, 9.17) is 0 Å². The predicted octanol–water partition coefficient (Wildman–Crippen LogP) is 3.64. The van der Waals surface area contributed by atoms with Gasteiger partial charge in [-0.05, 0) is 38.5 Å². The minimum atomic E-state index is 0.480. The third-order valence-corrected chi connectivity index (χ3v) is 2.45. The van der Waals surface area contributed by atoms with Crippen molar-refractivity contribution < 1.29 is 0 Å². The summed E-state index contributed by atoms with van der Waals surface area (Å²) in [6.45, 7) is 17.8. The lowest BCUT2D eigenvalue weighted by Gasteiger charge is -2.09. The van der Waals surface area contributed by atoms with Crippen molar-refractivity contribution >= 4 is 5.71 Å². The number of hydrogen-bond acceptors (Lipinski definition) is 2. The van der Waals surface area contributed by atoms with Gasteiger partial charge < -0.3 is 5.32 Å². The number of aliphatic imine (C=N–C) groups is 1. The molecule has 0 atom stereocenters. The fourth-order valence-corrected chi connectivity index (χ4v) is 0.927. The summed E-state index contributed by atoms with van der Waals surface area (Å²) in [5, 5.41) is 2.97. The van der Waals surface area contributed by atoms with Crippen molar-refractivity contribution in [2.24, 2.45) is 10.9 Å². The highest BCUT2D eigenvalue weighted by Crippen LogP contribution is 2.13. The molecular formula is C13H22N2. The van der Waals surface area contributed by atoms with Gasteiger partial charge in [-0.25, -0.2) is 0 Å². The molecule has 2 heteroatoms. The molecule has 0 rings (SSSR count). The summed E-state index contributed by atoms with van der Waals surface area (Å²) in [6, 6.07) is 0. The highest BCUT2D eigenvalue weighted by molar-refractivity contribution is 5.84. The van der Waals surface area contributed by atoms with Crippen LogP contribution in [0.3, 0.4) is 0 Å². The summed E-state index contributed by atoms with van der Waals surface area (Å²) in [5.74, 6) is 0.480. The maximum Gasteiger partial charge on any atom is 0.0421 e. The van der Waals surface area contributed by atoms with E-state index in [1.54, 1.807) is 6.20 Å². The van der Waals surface area contributed by atoms with Gasteiger partial charge in [0.1, 0.15) is 0 Å². The molecule has 0 aromatic rings. The van der Waals surface area contributed by atoms with Crippen LogP contribution in [0.5, 0.6) is 0 Å². The molecule has 0 heterocycles. The molecule has 0 aromatic carbocycles. The SMILES string of the molecule is C=CNC(=C)/C(C)=C(\C)N=C(C)C(C)C. The first kappa shape index (κ1) is 13.7. The van der Waals surface area contributed by atoms with E-state index in [0.29, 0.717) is 5.92 Å². The third-order valence-electron chi connectivity index (χ3n) is 2.45. The molecule has 0 bridgehead atoms. The topological polar surface area (TPSA) is 24.4 Å². The number of rotatable bonds is 5. The summed E-state index contributed by atoms with van der Waals surface area (Å²) in [6.07, 6.45) is 1.62. The Morgan fingerprint density at radius 3 is 2.20 bits per heavy atom. The van der Waals surface area contributed by atoms with Gasteiger partial charge in [-0.3, -0.25) is 4.99 Å². The molecule has 0 aliphatic rings. The van der Waals surface area contributed by atoms with Crippen LogP contribution in [-0.4, -0.2) is 5.71 Å². The van der Waals surface area contributed by atoms with Crippen molar-refractivity contribution in [3.8, 4) is 0 Å². The van der Waals surface area contributed by atoms with Crippen LogP contribution in [0.2, 0.25) is 0 Å². The smallest absolute Gasteiger partial charge is 0.0421 e. The molecule has 1 N–H and O–H groups in total. The van der Waals surface area contributed by atoms with Gasteiger partial charge in [0.25, 0.3) is 0 Å². The molecule has 0 aromatic heterocycles.